The quantitative estimate of drug-likeness (QED) is 0.788. The molecule has 6 heteroatoms. The zero-order valence-corrected chi connectivity index (χ0v) is 10.1. The summed E-state index contributed by atoms with van der Waals surface area (Å²) in [6.07, 6.45) is 4.85. The number of nitrogens with zero attached hydrogens (tertiary/aromatic N) is 3. The second-order valence-electron chi connectivity index (χ2n) is 4.63. The van der Waals surface area contributed by atoms with Gasteiger partial charge in [0.1, 0.15) is 6.33 Å². The van der Waals surface area contributed by atoms with Crippen LogP contribution in [0, 0.1) is 5.92 Å². The third-order valence-electron chi connectivity index (χ3n) is 3.31. The first-order valence-corrected chi connectivity index (χ1v) is 6.08. The second kappa shape index (κ2) is 5.77. The lowest BCUT2D eigenvalue weighted by molar-refractivity contribution is 0.0939. The molecule has 0 unspecified atom stereocenters. The fourth-order valence-electron chi connectivity index (χ4n) is 2.14. The lowest BCUT2D eigenvalue weighted by Crippen LogP contribution is -2.33. The summed E-state index contributed by atoms with van der Waals surface area (Å²) in [5.41, 5.74) is 0. The average molecular weight is 237 g/mol. The molecule has 2 heterocycles. The maximum atomic E-state index is 11.5. The highest BCUT2D eigenvalue weighted by molar-refractivity contribution is 5.90. The van der Waals surface area contributed by atoms with Gasteiger partial charge in [-0.05, 0) is 45.3 Å². The number of aromatic amines is 1. The fraction of sp³-hybridized carbons (Fsp3) is 0.727. The monoisotopic (exact) mass is 237 g/mol. The molecule has 6 nitrogen and oxygen atoms in total. The van der Waals surface area contributed by atoms with Crippen LogP contribution in [0.4, 0.5) is 0 Å². The number of rotatable bonds is 4. The van der Waals surface area contributed by atoms with Crippen LogP contribution in [0.25, 0.3) is 0 Å². The average Bonchev–Trinajstić information content (AvgIpc) is 2.85. The SMILES string of the molecule is CN1CCC(CCNC(=O)c2ncn[nH]2)CC1. The molecule has 0 radical (unpaired) electrons. The molecule has 1 amide bonds. The minimum atomic E-state index is -0.171. The van der Waals surface area contributed by atoms with Crippen LogP contribution in [0.3, 0.4) is 0 Å². The number of carbonyl (C=O) groups excluding carboxylic acids is 1. The summed E-state index contributed by atoms with van der Waals surface area (Å²) in [5, 5.41) is 9.06. The van der Waals surface area contributed by atoms with Crippen LogP contribution < -0.4 is 5.32 Å². The van der Waals surface area contributed by atoms with Crippen molar-refractivity contribution in [2.75, 3.05) is 26.7 Å². The van der Waals surface area contributed by atoms with E-state index in [1.54, 1.807) is 0 Å². The van der Waals surface area contributed by atoms with E-state index in [-0.39, 0.29) is 11.7 Å². The van der Waals surface area contributed by atoms with Crippen molar-refractivity contribution < 1.29 is 4.79 Å². The maximum Gasteiger partial charge on any atom is 0.288 e. The van der Waals surface area contributed by atoms with E-state index in [0.29, 0.717) is 6.54 Å². The molecule has 0 spiro atoms. The molecule has 0 saturated carbocycles. The number of likely N-dealkylation sites (tertiary alicyclic amines) is 1. The van der Waals surface area contributed by atoms with Crippen LogP contribution in [0.2, 0.25) is 0 Å². The molecule has 2 N–H and O–H groups in total. The van der Waals surface area contributed by atoms with Gasteiger partial charge in [-0.3, -0.25) is 9.89 Å². The fourth-order valence-corrected chi connectivity index (χ4v) is 2.14. The van der Waals surface area contributed by atoms with Crippen molar-refractivity contribution in [2.45, 2.75) is 19.3 Å². The minimum Gasteiger partial charge on any atom is -0.349 e. The molecule has 2 rings (SSSR count). The van der Waals surface area contributed by atoms with Gasteiger partial charge >= 0.3 is 0 Å². The molecule has 0 aliphatic carbocycles. The third-order valence-corrected chi connectivity index (χ3v) is 3.31. The Morgan fingerprint density at radius 2 is 2.35 bits per heavy atom. The van der Waals surface area contributed by atoms with E-state index in [0.717, 1.165) is 12.3 Å². The number of amides is 1. The van der Waals surface area contributed by atoms with Crippen molar-refractivity contribution >= 4 is 5.91 Å². The van der Waals surface area contributed by atoms with E-state index < -0.39 is 0 Å². The van der Waals surface area contributed by atoms with E-state index in [2.05, 4.69) is 32.4 Å². The van der Waals surface area contributed by atoms with Crippen molar-refractivity contribution in [2.24, 2.45) is 5.92 Å². The maximum absolute atomic E-state index is 11.5. The van der Waals surface area contributed by atoms with Gasteiger partial charge in [-0.2, -0.15) is 5.10 Å². The van der Waals surface area contributed by atoms with E-state index in [1.165, 1.54) is 32.3 Å². The van der Waals surface area contributed by atoms with Gasteiger partial charge in [0.05, 0.1) is 0 Å². The Labute approximate surface area is 101 Å². The summed E-state index contributed by atoms with van der Waals surface area (Å²) in [6.45, 7) is 3.05. The van der Waals surface area contributed by atoms with Crippen LogP contribution in [-0.4, -0.2) is 52.7 Å². The smallest absolute Gasteiger partial charge is 0.288 e. The van der Waals surface area contributed by atoms with Gasteiger partial charge < -0.3 is 10.2 Å². The summed E-state index contributed by atoms with van der Waals surface area (Å²) in [5.74, 6) is 0.852. The summed E-state index contributed by atoms with van der Waals surface area (Å²) >= 11 is 0. The molecule has 1 aliphatic rings. The van der Waals surface area contributed by atoms with Gasteiger partial charge in [-0.25, -0.2) is 4.98 Å². The normalized spacial score (nSPS) is 18.2. The molecule has 1 aliphatic heterocycles. The van der Waals surface area contributed by atoms with E-state index in [9.17, 15) is 4.79 Å². The van der Waals surface area contributed by atoms with Gasteiger partial charge in [0, 0.05) is 6.54 Å². The molecule has 0 bridgehead atoms. The van der Waals surface area contributed by atoms with Gasteiger partial charge in [0.15, 0.2) is 0 Å². The number of H-pyrrole nitrogens is 1. The predicted molar refractivity (Wildman–Crippen MR) is 63.6 cm³/mol. The summed E-state index contributed by atoms with van der Waals surface area (Å²) in [4.78, 5) is 17.7. The Hall–Kier alpha value is -1.43. The highest BCUT2D eigenvalue weighted by Gasteiger charge is 2.16. The Bertz CT molecular complexity index is 343. The van der Waals surface area contributed by atoms with Crippen molar-refractivity contribution in [1.82, 2.24) is 25.4 Å². The molecule has 94 valence electrons. The lowest BCUT2D eigenvalue weighted by atomic mass is 9.94. The van der Waals surface area contributed by atoms with E-state index in [1.807, 2.05) is 0 Å². The Morgan fingerprint density at radius 1 is 1.59 bits per heavy atom. The van der Waals surface area contributed by atoms with Crippen molar-refractivity contribution in [3.8, 4) is 0 Å². The van der Waals surface area contributed by atoms with Crippen molar-refractivity contribution in [1.29, 1.82) is 0 Å². The topological polar surface area (TPSA) is 73.9 Å². The van der Waals surface area contributed by atoms with Gasteiger partial charge in [0.2, 0.25) is 5.82 Å². The molecule has 0 atom stereocenters. The van der Waals surface area contributed by atoms with Crippen molar-refractivity contribution in [3.05, 3.63) is 12.2 Å². The zero-order chi connectivity index (χ0) is 12.1. The highest BCUT2D eigenvalue weighted by atomic mass is 16.2. The molecule has 1 aromatic heterocycles. The predicted octanol–water partition coefficient (Wildman–Crippen LogP) is 0.266. The number of aromatic nitrogens is 3. The van der Waals surface area contributed by atoms with Crippen LogP contribution in [0.15, 0.2) is 6.33 Å². The van der Waals surface area contributed by atoms with E-state index in [4.69, 9.17) is 0 Å². The van der Waals surface area contributed by atoms with E-state index >= 15 is 0 Å². The van der Waals surface area contributed by atoms with Crippen LogP contribution in [-0.2, 0) is 0 Å². The Morgan fingerprint density at radius 3 is 3.00 bits per heavy atom. The summed E-state index contributed by atoms with van der Waals surface area (Å²) < 4.78 is 0. The number of piperidine rings is 1. The zero-order valence-electron chi connectivity index (χ0n) is 10.1. The van der Waals surface area contributed by atoms with Gasteiger partial charge in [0.25, 0.3) is 5.91 Å². The molecular formula is C11H19N5O. The first-order chi connectivity index (χ1) is 8.25. The van der Waals surface area contributed by atoms with Crippen LogP contribution in [0.5, 0.6) is 0 Å². The van der Waals surface area contributed by atoms with Crippen LogP contribution in [0.1, 0.15) is 29.9 Å². The molecule has 1 saturated heterocycles. The first kappa shape index (κ1) is 12.0. The number of hydrogen-bond acceptors (Lipinski definition) is 4. The Balaban J connectivity index is 1.64. The highest BCUT2D eigenvalue weighted by Crippen LogP contribution is 2.18. The lowest BCUT2D eigenvalue weighted by Gasteiger charge is -2.28. The minimum absolute atomic E-state index is 0.171. The largest absolute Gasteiger partial charge is 0.349 e. The molecular weight excluding hydrogens is 218 g/mol. The summed E-state index contributed by atoms with van der Waals surface area (Å²) in [6, 6.07) is 0. The number of nitrogens with one attached hydrogen (secondary N) is 2. The second-order valence-corrected chi connectivity index (χ2v) is 4.63. The first-order valence-electron chi connectivity index (χ1n) is 6.08. The molecule has 0 aromatic carbocycles. The third kappa shape index (κ3) is 3.52. The number of hydrogen-bond donors (Lipinski definition) is 2. The standard InChI is InChI=1S/C11H19N5O/c1-16-6-3-9(4-7-16)2-5-12-11(17)10-13-8-14-15-10/h8-9H,2-7H2,1H3,(H,12,17)(H,13,14,15). The van der Waals surface area contributed by atoms with Gasteiger partial charge in [-0.1, -0.05) is 0 Å². The van der Waals surface area contributed by atoms with Crippen molar-refractivity contribution in [3.63, 3.8) is 0 Å². The van der Waals surface area contributed by atoms with Gasteiger partial charge in [-0.15, -0.1) is 0 Å². The molecule has 1 fully saturated rings. The molecule has 17 heavy (non-hydrogen) atoms. The Kier molecular flexibility index (Phi) is 4.08. The summed E-state index contributed by atoms with van der Waals surface area (Å²) in [7, 11) is 2.15. The number of carbonyl (C=O) groups is 1. The molecule has 1 aromatic rings. The van der Waals surface area contributed by atoms with Crippen LogP contribution >= 0.6 is 0 Å².